The first-order valence-electron chi connectivity index (χ1n) is 4.05. The Hall–Kier alpha value is 0.350. The van der Waals surface area contributed by atoms with Gasteiger partial charge in [-0.3, -0.25) is 0 Å². The Morgan fingerprint density at radius 1 is 1.56 bits per heavy atom. The summed E-state index contributed by atoms with van der Waals surface area (Å²) < 4.78 is 0. The molecule has 0 nitrogen and oxygen atoms in total. The molecule has 9 heavy (non-hydrogen) atoms. The molecule has 0 unspecified atom stereocenters. The van der Waals surface area contributed by atoms with Gasteiger partial charge in [-0.05, 0) is 25.0 Å². The average Bonchev–Trinajstić information content (AvgIpc) is 2.34. The lowest BCUT2D eigenvalue weighted by Gasteiger charge is -2.04. The van der Waals surface area contributed by atoms with Crippen LogP contribution in [0.15, 0.2) is 0 Å². The summed E-state index contributed by atoms with van der Waals surface area (Å²) in [5.74, 6) is 1.42. The van der Waals surface area contributed by atoms with Gasteiger partial charge in [0.2, 0.25) is 0 Å². The van der Waals surface area contributed by atoms with Crippen molar-refractivity contribution < 1.29 is 0 Å². The molecule has 1 atom stereocenters. The second-order valence-corrected chi connectivity index (χ2v) is 4.19. The fraction of sp³-hybridized carbons (Fsp3) is 1.00. The third kappa shape index (κ3) is 2.61. The van der Waals surface area contributed by atoms with Crippen LogP contribution in [0.3, 0.4) is 0 Å². The second-order valence-electron chi connectivity index (χ2n) is 2.78. The molecule has 0 aromatic heterocycles. The van der Waals surface area contributed by atoms with Gasteiger partial charge in [-0.1, -0.05) is 19.8 Å². The molecule has 1 saturated heterocycles. The van der Waals surface area contributed by atoms with E-state index in [2.05, 4.69) is 18.7 Å². The molecule has 0 amide bonds. The summed E-state index contributed by atoms with van der Waals surface area (Å²) in [5.41, 5.74) is 0. The largest absolute Gasteiger partial charge is 0.159 e. The zero-order valence-corrected chi connectivity index (χ0v) is 7.04. The Bertz CT molecular complexity index is 65.0. The van der Waals surface area contributed by atoms with E-state index in [1.807, 2.05) is 0 Å². The van der Waals surface area contributed by atoms with Gasteiger partial charge in [0.25, 0.3) is 0 Å². The normalized spacial score (nSPS) is 27.0. The summed E-state index contributed by atoms with van der Waals surface area (Å²) in [6, 6.07) is 0. The third-order valence-corrected chi connectivity index (χ3v) is 3.37. The number of hydrogen-bond acceptors (Lipinski definition) is 1. The van der Waals surface area contributed by atoms with E-state index in [0.29, 0.717) is 0 Å². The van der Waals surface area contributed by atoms with Gasteiger partial charge in [0.15, 0.2) is 0 Å². The van der Waals surface area contributed by atoms with Crippen LogP contribution in [0.2, 0.25) is 0 Å². The van der Waals surface area contributed by atoms with E-state index >= 15 is 0 Å². The maximum absolute atomic E-state index is 2.28. The van der Waals surface area contributed by atoms with Crippen molar-refractivity contribution in [3.8, 4) is 0 Å². The molecule has 1 rings (SSSR count). The van der Waals surface area contributed by atoms with Crippen LogP contribution in [-0.2, 0) is 0 Å². The lowest BCUT2D eigenvalue weighted by atomic mass is 10.1. The van der Waals surface area contributed by atoms with E-state index in [9.17, 15) is 0 Å². The molecule has 0 aromatic rings. The van der Waals surface area contributed by atoms with E-state index < -0.39 is 0 Å². The van der Waals surface area contributed by atoms with Crippen molar-refractivity contribution in [2.45, 2.75) is 44.3 Å². The molecule has 0 saturated carbocycles. The monoisotopic (exact) mass is 144 g/mol. The molecule has 0 radical (unpaired) electrons. The Balaban J connectivity index is 1.98. The summed E-state index contributed by atoms with van der Waals surface area (Å²) in [5, 5.41) is 1.03. The van der Waals surface area contributed by atoms with Crippen LogP contribution < -0.4 is 0 Å². The Morgan fingerprint density at radius 2 is 2.44 bits per heavy atom. The van der Waals surface area contributed by atoms with E-state index in [0.717, 1.165) is 5.25 Å². The van der Waals surface area contributed by atoms with Crippen LogP contribution in [0.4, 0.5) is 0 Å². The summed E-state index contributed by atoms with van der Waals surface area (Å²) in [7, 11) is 0. The van der Waals surface area contributed by atoms with Crippen molar-refractivity contribution in [2.75, 3.05) is 5.75 Å². The van der Waals surface area contributed by atoms with Crippen LogP contribution in [-0.4, -0.2) is 11.0 Å². The highest BCUT2D eigenvalue weighted by Crippen LogP contribution is 2.29. The lowest BCUT2D eigenvalue weighted by Crippen LogP contribution is -1.94. The van der Waals surface area contributed by atoms with Crippen LogP contribution in [0.25, 0.3) is 0 Å². The van der Waals surface area contributed by atoms with Gasteiger partial charge in [0.1, 0.15) is 0 Å². The van der Waals surface area contributed by atoms with Crippen molar-refractivity contribution in [3.63, 3.8) is 0 Å². The van der Waals surface area contributed by atoms with Gasteiger partial charge in [-0.2, -0.15) is 11.8 Å². The van der Waals surface area contributed by atoms with Gasteiger partial charge in [-0.25, -0.2) is 0 Å². The smallest absolute Gasteiger partial charge is 0.00473 e. The minimum absolute atomic E-state index is 1.03. The first-order valence-corrected chi connectivity index (χ1v) is 5.10. The molecule has 0 N–H and O–H groups in total. The molecule has 1 aliphatic rings. The van der Waals surface area contributed by atoms with Gasteiger partial charge in [0.05, 0.1) is 0 Å². The van der Waals surface area contributed by atoms with Crippen LogP contribution in [0.5, 0.6) is 0 Å². The predicted octanol–water partition coefficient (Wildman–Crippen LogP) is 3.07. The first-order chi connectivity index (χ1) is 4.43. The van der Waals surface area contributed by atoms with E-state index in [-0.39, 0.29) is 0 Å². The highest BCUT2D eigenvalue weighted by molar-refractivity contribution is 8.00. The highest BCUT2D eigenvalue weighted by Gasteiger charge is 2.13. The van der Waals surface area contributed by atoms with Crippen LogP contribution >= 0.6 is 11.8 Å². The van der Waals surface area contributed by atoms with Gasteiger partial charge in [0, 0.05) is 5.25 Å². The predicted molar refractivity (Wildman–Crippen MR) is 45.0 cm³/mol. The number of hydrogen-bond donors (Lipinski definition) is 0. The van der Waals surface area contributed by atoms with E-state index in [4.69, 9.17) is 0 Å². The zero-order valence-electron chi connectivity index (χ0n) is 6.23. The van der Waals surface area contributed by atoms with Gasteiger partial charge >= 0.3 is 0 Å². The van der Waals surface area contributed by atoms with Crippen molar-refractivity contribution in [2.24, 2.45) is 0 Å². The Kier molecular flexibility index (Phi) is 3.49. The Labute approximate surface area is 62.4 Å². The highest BCUT2D eigenvalue weighted by atomic mass is 32.2. The van der Waals surface area contributed by atoms with E-state index in [1.165, 1.54) is 37.9 Å². The fourth-order valence-electron chi connectivity index (χ4n) is 1.30. The number of thioether (sulfide) groups is 1. The topological polar surface area (TPSA) is 0 Å². The third-order valence-electron chi connectivity index (χ3n) is 1.90. The van der Waals surface area contributed by atoms with Crippen LogP contribution in [0, 0.1) is 0 Å². The second kappa shape index (κ2) is 4.21. The zero-order chi connectivity index (χ0) is 6.53. The standard InChI is InChI=1S/C8H16S/c1-2-3-5-8-6-4-7-9-8/h8H,2-7H2,1H3/t8-/m0/s1. The minimum atomic E-state index is 1.03. The van der Waals surface area contributed by atoms with Crippen molar-refractivity contribution in [3.05, 3.63) is 0 Å². The molecule has 1 aliphatic heterocycles. The SMILES string of the molecule is CCCC[C@H]1CCCS1. The molecule has 0 spiro atoms. The number of unbranched alkanes of at least 4 members (excludes halogenated alkanes) is 1. The summed E-state index contributed by atoms with van der Waals surface area (Å²) in [4.78, 5) is 0. The van der Waals surface area contributed by atoms with Gasteiger partial charge in [-0.15, -0.1) is 0 Å². The molecule has 0 aliphatic carbocycles. The molecule has 1 heterocycles. The molecule has 54 valence electrons. The molecule has 1 heteroatoms. The van der Waals surface area contributed by atoms with Crippen molar-refractivity contribution >= 4 is 11.8 Å². The number of rotatable bonds is 3. The van der Waals surface area contributed by atoms with Gasteiger partial charge < -0.3 is 0 Å². The van der Waals surface area contributed by atoms with Crippen molar-refractivity contribution in [1.29, 1.82) is 0 Å². The summed E-state index contributed by atoms with van der Waals surface area (Å²) in [6.07, 6.45) is 7.25. The molecule has 0 aromatic carbocycles. The first kappa shape index (κ1) is 7.46. The maximum Gasteiger partial charge on any atom is 0.00473 e. The van der Waals surface area contributed by atoms with Crippen LogP contribution in [0.1, 0.15) is 39.0 Å². The molecular weight excluding hydrogens is 128 g/mol. The molecular formula is C8H16S. The quantitative estimate of drug-likeness (QED) is 0.586. The molecule has 0 bridgehead atoms. The van der Waals surface area contributed by atoms with Crippen molar-refractivity contribution in [1.82, 2.24) is 0 Å². The summed E-state index contributed by atoms with van der Waals surface area (Å²) >= 11 is 2.18. The minimum Gasteiger partial charge on any atom is -0.159 e. The maximum atomic E-state index is 2.28. The molecule has 1 fully saturated rings. The average molecular weight is 144 g/mol. The lowest BCUT2D eigenvalue weighted by molar-refractivity contribution is 0.661. The fourth-order valence-corrected chi connectivity index (χ4v) is 2.64. The van der Waals surface area contributed by atoms with E-state index in [1.54, 1.807) is 0 Å². The Morgan fingerprint density at radius 3 is 3.00 bits per heavy atom. The summed E-state index contributed by atoms with van der Waals surface area (Å²) in [6.45, 7) is 2.28.